The Morgan fingerprint density at radius 1 is 1.40 bits per heavy atom. The quantitative estimate of drug-likeness (QED) is 0.390. The van der Waals surface area contributed by atoms with E-state index in [4.69, 9.17) is 11.5 Å². The van der Waals surface area contributed by atoms with Crippen LogP contribution < -0.4 is 17.0 Å². The third-order valence-electron chi connectivity index (χ3n) is 0.680. The van der Waals surface area contributed by atoms with Crippen LogP contribution in [0.25, 0.3) is 0 Å². The molecule has 0 aromatic carbocycles. The molecule has 1 aromatic heterocycles. The van der Waals surface area contributed by atoms with E-state index < -0.39 is 0 Å². The van der Waals surface area contributed by atoms with Crippen LogP contribution in [0.1, 0.15) is 0 Å². The normalized spacial score (nSPS) is 8.20. The van der Waals surface area contributed by atoms with Gasteiger partial charge in [0.15, 0.2) is 0 Å². The van der Waals surface area contributed by atoms with Gasteiger partial charge in [-0.15, -0.1) is 0 Å². The van der Waals surface area contributed by atoms with Crippen molar-refractivity contribution in [3.63, 3.8) is 0 Å². The molecule has 0 unspecified atom stereocenters. The van der Waals surface area contributed by atoms with E-state index in [9.17, 15) is 4.79 Å². The Kier molecular flexibility index (Phi) is 5.41. The van der Waals surface area contributed by atoms with Crippen molar-refractivity contribution < 1.29 is 0 Å². The minimum Gasteiger partial charge on any atom is -0.329 e. The maximum absolute atomic E-state index is 9.98. The molecule has 0 aliphatic rings. The maximum Gasteiger partial charge on any atom is 0.263 e. The van der Waals surface area contributed by atoms with E-state index in [-0.39, 0.29) is 5.56 Å². The summed E-state index contributed by atoms with van der Waals surface area (Å²) in [6, 6.07) is 1.42. The Hall–Kier alpha value is -1.07. The monoisotopic (exact) mass is 144 g/mol. The number of hydrogen-bond donors (Lipinski definition) is 4. The maximum atomic E-state index is 9.98. The molecule has 0 bridgehead atoms. The van der Waals surface area contributed by atoms with Gasteiger partial charge in [0.05, 0.1) is 0 Å². The van der Waals surface area contributed by atoms with Crippen LogP contribution in [0.4, 0.5) is 0 Å². The number of H-pyrrole nitrogens is 2. The van der Waals surface area contributed by atoms with Crippen LogP contribution >= 0.6 is 0 Å². The third kappa shape index (κ3) is 5.07. The molecule has 0 atom stereocenters. The van der Waals surface area contributed by atoms with Crippen molar-refractivity contribution >= 4 is 0 Å². The number of aromatic nitrogens is 2. The summed E-state index contributed by atoms with van der Waals surface area (Å²) in [5, 5.41) is 4.81. The Labute approximate surface area is 58.4 Å². The molecule has 0 aliphatic heterocycles. The van der Waals surface area contributed by atoms with Crippen molar-refractivity contribution in [1.82, 2.24) is 10.2 Å². The highest BCUT2D eigenvalue weighted by Crippen LogP contribution is 1.53. The molecule has 5 nitrogen and oxygen atoms in total. The molecular formula is C5H12N4O. The molecule has 1 heterocycles. The zero-order valence-corrected chi connectivity index (χ0v) is 5.63. The summed E-state index contributed by atoms with van der Waals surface area (Å²) in [6.07, 6.45) is 1.54. The molecule has 0 fully saturated rings. The van der Waals surface area contributed by atoms with Crippen LogP contribution in [0.5, 0.6) is 0 Å². The van der Waals surface area contributed by atoms with Crippen molar-refractivity contribution in [3.05, 3.63) is 22.6 Å². The molecule has 0 saturated heterocycles. The van der Waals surface area contributed by atoms with Crippen LogP contribution in [-0.4, -0.2) is 23.3 Å². The lowest BCUT2D eigenvalue weighted by Gasteiger charge is -1.72. The zero-order valence-electron chi connectivity index (χ0n) is 5.63. The summed E-state index contributed by atoms with van der Waals surface area (Å²) in [5.41, 5.74) is 9.72. The molecule has 0 radical (unpaired) electrons. The standard InChI is InChI=1S/C3H4N2O.C2H8N2/c6-3-1-2-4-5-3;3-1-2-4/h1-2H,(H2,4,5,6);1-4H2. The lowest BCUT2D eigenvalue weighted by Crippen LogP contribution is -2.11. The van der Waals surface area contributed by atoms with Gasteiger partial charge >= 0.3 is 0 Å². The van der Waals surface area contributed by atoms with E-state index in [1.807, 2.05) is 0 Å². The smallest absolute Gasteiger partial charge is 0.263 e. The Balaban J connectivity index is 0.000000180. The van der Waals surface area contributed by atoms with E-state index in [0.29, 0.717) is 13.1 Å². The van der Waals surface area contributed by atoms with Crippen molar-refractivity contribution in [2.75, 3.05) is 13.1 Å². The van der Waals surface area contributed by atoms with Crippen LogP contribution in [-0.2, 0) is 0 Å². The molecule has 0 saturated carbocycles. The van der Waals surface area contributed by atoms with Crippen LogP contribution in [0.3, 0.4) is 0 Å². The first-order valence-corrected chi connectivity index (χ1v) is 2.93. The molecule has 0 aliphatic carbocycles. The molecular weight excluding hydrogens is 132 g/mol. The molecule has 0 amide bonds. The lowest BCUT2D eigenvalue weighted by molar-refractivity contribution is 0.976. The summed E-state index contributed by atoms with van der Waals surface area (Å²) >= 11 is 0. The SMILES string of the molecule is NCCN.O=c1cc[nH][nH]1. The molecule has 0 spiro atoms. The second-order valence-corrected chi connectivity index (χ2v) is 1.54. The molecule has 1 aromatic rings. The van der Waals surface area contributed by atoms with Crippen LogP contribution in [0.15, 0.2) is 17.1 Å². The lowest BCUT2D eigenvalue weighted by atomic mass is 10.7. The van der Waals surface area contributed by atoms with Crippen LogP contribution in [0.2, 0.25) is 0 Å². The minimum atomic E-state index is -0.0880. The second-order valence-electron chi connectivity index (χ2n) is 1.54. The van der Waals surface area contributed by atoms with Crippen molar-refractivity contribution in [2.45, 2.75) is 0 Å². The molecule has 5 heteroatoms. The highest BCUT2D eigenvalue weighted by atomic mass is 16.1. The Morgan fingerprint density at radius 2 is 2.00 bits per heavy atom. The van der Waals surface area contributed by atoms with Gasteiger partial charge < -0.3 is 16.6 Å². The fourth-order valence-corrected chi connectivity index (χ4v) is 0.272. The summed E-state index contributed by atoms with van der Waals surface area (Å²) in [5.74, 6) is 0. The van der Waals surface area contributed by atoms with Gasteiger partial charge in [0.25, 0.3) is 5.56 Å². The van der Waals surface area contributed by atoms with E-state index in [1.54, 1.807) is 6.20 Å². The fraction of sp³-hybridized carbons (Fsp3) is 0.400. The number of nitrogens with two attached hydrogens (primary N) is 2. The largest absolute Gasteiger partial charge is 0.329 e. The average Bonchev–Trinajstić information content (AvgIpc) is 2.40. The number of hydrogen-bond acceptors (Lipinski definition) is 3. The first-order chi connectivity index (χ1) is 4.81. The van der Waals surface area contributed by atoms with Gasteiger partial charge in [-0.2, -0.15) is 0 Å². The van der Waals surface area contributed by atoms with E-state index in [2.05, 4.69) is 10.2 Å². The third-order valence-corrected chi connectivity index (χ3v) is 0.680. The second kappa shape index (κ2) is 6.06. The molecule has 1 rings (SSSR count). The number of rotatable bonds is 1. The van der Waals surface area contributed by atoms with Gasteiger partial charge in [0.1, 0.15) is 0 Å². The number of nitrogens with one attached hydrogen (secondary N) is 2. The Morgan fingerprint density at radius 3 is 2.10 bits per heavy atom. The molecule has 58 valence electrons. The topological polar surface area (TPSA) is 101 Å². The molecule has 10 heavy (non-hydrogen) atoms. The summed E-state index contributed by atoms with van der Waals surface area (Å²) < 4.78 is 0. The predicted molar refractivity (Wildman–Crippen MR) is 39.5 cm³/mol. The first kappa shape index (κ1) is 8.93. The summed E-state index contributed by atoms with van der Waals surface area (Å²) in [4.78, 5) is 9.98. The first-order valence-electron chi connectivity index (χ1n) is 2.93. The fourth-order valence-electron chi connectivity index (χ4n) is 0.272. The van der Waals surface area contributed by atoms with Gasteiger partial charge in [-0.25, -0.2) is 0 Å². The van der Waals surface area contributed by atoms with Gasteiger partial charge in [-0.3, -0.25) is 9.89 Å². The number of aromatic amines is 2. The minimum absolute atomic E-state index is 0.0880. The van der Waals surface area contributed by atoms with Crippen molar-refractivity contribution in [3.8, 4) is 0 Å². The van der Waals surface area contributed by atoms with Gasteiger partial charge in [-0.05, 0) is 0 Å². The van der Waals surface area contributed by atoms with E-state index >= 15 is 0 Å². The van der Waals surface area contributed by atoms with Gasteiger partial charge in [-0.1, -0.05) is 0 Å². The predicted octanol–water partition coefficient (Wildman–Crippen LogP) is -1.39. The van der Waals surface area contributed by atoms with E-state index in [0.717, 1.165) is 0 Å². The average molecular weight is 144 g/mol. The highest BCUT2D eigenvalue weighted by Gasteiger charge is 1.70. The highest BCUT2D eigenvalue weighted by molar-refractivity contribution is 4.75. The van der Waals surface area contributed by atoms with Gasteiger partial charge in [0.2, 0.25) is 0 Å². The summed E-state index contributed by atoms with van der Waals surface area (Å²) in [6.45, 7) is 1.19. The Bertz CT molecular complexity index is 173. The van der Waals surface area contributed by atoms with E-state index in [1.165, 1.54) is 6.07 Å². The zero-order chi connectivity index (χ0) is 7.82. The van der Waals surface area contributed by atoms with Crippen molar-refractivity contribution in [1.29, 1.82) is 0 Å². The summed E-state index contributed by atoms with van der Waals surface area (Å²) in [7, 11) is 0. The molecule has 6 N–H and O–H groups in total. The van der Waals surface area contributed by atoms with Crippen molar-refractivity contribution in [2.24, 2.45) is 11.5 Å². The van der Waals surface area contributed by atoms with Gasteiger partial charge in [0, 0.05) is 25.4 Å². The van der Waals surface area contributed by atoms with Crippen LogP contribution in [0, 0.1) is 0 Å².